The van der Waals surface area contributed by atoms with Gasteiger partial charge < -0.3 is 34.3 Å². The Balaban J connectivity index is -0.000000172. The molecular weight excluding hydrogens is 487 g/mol. The van der Waals surface area contributed by atoms with Crippen molar-refractivity contribution in [3.05, 3.63) is 0 Å². The standard InChI is InChI=1S/C10H16N2O8.CH2O.Na.H2O4S.H2O2S/c13-7(14)3-11(4-8(15)16)1-2-12(5-9(17)18)6-10(19)20;1-2;;1-5(2,3)4;1-3-2/h1-6H2,(H,13,14)(H,15,16)(H,17,18)(H,19,20);1H2;;(H2,1,2,3,4);1-2H/q;;+1;;/p-1. The van der Waals surface area contributed by atoms with Crippen molar-refractivity contribution in [3.8, 4) is 0 Å². The molecule has 31 heavy (non-hydrogen) atoms. The maximum Gasteiger partial charge on any atom is 1.00 e. The van der Waals surface area contributed by atoms with Crippen LogP contribution in [0.25, 0.3) is 0 Å². The normalized spacial score (nSPS) is 9.48. The van der Waals surface area contributed by atoms with Crippen molar-refractivity contribution in [1.82, 2.24) is 9.80 Å². The Morgan fingerprint density at radius 1 is 0.742 bits per heavy atom. The predicted molar refractivity (Wildman–Crippen MR) is 95.7 cm³/mol. The molecule has 0 aliphatic rings. The van der Waals surface area contributed by atoms with Crippen molar-refractivity contribution in [1.29, 1.82) is 0 Å². The number of carbonyl (C=O) groups is 5. The largest absolute Gasteiger partial charge is 1.00 e. The zero-order chi connectivity index (χ0) is 24.9. The minimum Gasteiger partial charge on any atom is -0.776 e. The Labute approximate surface area is 202 Å². The van der Waals surface area contributed by atoms with E-state index in [9.17, 15) is 19.2 Å². The number of carbonyl (C=O) groups excluding carboxylic acids is 1. The summed E-state index contributed by atoms with van der Waals surface area (Å²) in [5.41, 5.74) is 0. The van der Waals surface area contributed by atoms with Crippen LogP contribution in [0.5, 0.6) is 0 Å². The van der Waals surface area contributed by atoms with Gasteiger partial charge in [0.25, 0.3) is 0 Å². The number of carboxylic acids is 4. The third-order valence-corrected chi connectivity index (χ3v) is 2.17. The van der Waals surface area contributed by atoms with Crippen LogP contribution in [0.15, 0.2) is 0 Å². The van der Waals surface area contributed by atoms with Gasteiger partial charge in [-0.05, 0) is 0 Å². The Morgan fingerprint density at radius 2 is 0.871 bits per heavy atom. The molecule has 0 aliphatic heterocycles. The second-order valence-electron chi connectivity index (χ2n) is 4.52. The summed E-state index contributed by atoms with van der Waals surface area (Å²) in [4.78, 5) is 52.4. The van der Waals surface area contributed by atoms with Crippen LogP contribution in [-0.2, 0) is 34.4 Å². The fraction of sp³-hybridized carbons (Fsp3) is 0.545. The summed E-state index contributed by atoms with van der Waals surface area (Å²) in [6, 6.07) is 0. The number of hydrogen-bond acceptors (Lipinski definition) is 12. The molecule has 178 valence electrons. The van der Waals surface area contributed by atoms with Gasteiger partial charge in [-0.25, -0.2) is 0 Å². The molecule has 0 aromatic carbocycles. The summed E-state index contributed by atoms with van der Waals surface area (Å²) in [5, 5.41) is 34.5. The number of aliphatic carboxylic acids is 4. The molecule has 0 rings (SSSR count). The van der Waals surface area contributed by atoms with Crippen molar-refractivity contribution in [2.75, 3.05) is 39.3 Å². The second kappa shape index (κ2) is 24.9. The molecule has 0 aromatic rings. The number of rotatable bonds is 11. The quantitative estimate of drug-likeness (QED) is 0.0777. The fourth-order valence-corrected chi connectivity index (χ4v) is 1.48. The van der Waals surface area contributed by atoms with E-state index in [1.54, 1.807) is 0 Å². The van der Waals surface area contributed by atoms with Crippen LogP contribution in [0, 0.1) is 0 Å². The topological polar surface area (TPSA) is 291 Å². The van der Waals surface area contributed by atoms with Crippen LogP contribution in [-0.4, -0.2) is 127 Å². The van der Waals surface area contributed by atoms with Crippen LogP contribution < -0.4 is 29.6 Å². The molecule has 20 heteroatoms. The molecule has 0 aromatic heterocycles. The van der Waals surface area contributed by atoms with Crippen LogP contribution in [0.3, 0.4) is 0 Å². The van der Waals surface area contributed by atoms with E-state index in [0.717, 1.165) is 9.80 Å². The summed E-state index contributed by atoms with van der Waals surface area (Å²) >= 11 is -0.500. The zero-order valence-electron chi connectivity index (χ0n) is 16.1. The van der Waals surface area contributed by atoms with E-state index in [2.05, 4.69) is 0 Å². The third kappa shape index (κ3) is 52.7. The van der Waals surface area contributed by atoms with Crippen molar-refractivity contribution >= 4 is 53.4 Å². The van der Waals surface area contributed by atoms with E-state index < -0.39 is 72.8 Å². The van der Waals surface area contributed by atoms with Gasteiger partial charge in [0.1, 0.15) is 6.79 Å². The molecular formula is C11H21N2NaO15S2. The van der Waals surface area contributed by atoms with Gasteiger partial charge in [-0.15, -0.1) is 12.3 Å². The number of nitrogens with zero attached hydrogens (tertiary/aromatic N) is 2. The molecule has 17 nitrogen and oxygen atoms in total. The van der Waals surface area contributed by atoms with Crippen molar-refractivity contribution in [2.45, 2.75) is 0 Å². The van der Waals surface area contributed by atoms with E-state index in [-0.39, 0.29) is 42.6 Å². The Hall–Kier alpha value is -1.39. The van der Waals surface area contributed by atoms with E-state index in [0.29, 0.717) is 0 Å². The summed E-state index contributed by atoms with van der Waals surface area (Å²) in [6.07, 6.45) is 0. The van der Waals surface area contributed by atoms with Gasteiger partial charge in [-0.3, -0.25) is 38.1 Å². The average Bonchev–Trinajstić information content (AvgIpc) is 2.51. The SMILES string of the molecule is C=O.O=C(O)CN(CCN(CC(=O)O)CC(=O)O)CC(=O)O.O=S(=O)(O)O.[Na+].[O-]SO. The summed E-state index contributed by atoms with van der Waals surface area (Å²) < 4.78 is 46.9. The van der Waals surface area contributed by atoms with Gasteiger partial charge in [-0.2, -0.15) is 8.42 Å². The Morgan fingerprint density at radius 3 is 0.968 bits per heavy atom. The molecule has 0 aliphatic carbocycles. The number of hydrogen-bond donors (Lipinski definition) is 7. The first-order valence-electron chi connectivity index (χ1n) is 6.86. The summed E-state index contributed by atoms with van der Waals surface area (Å²) in [5.74, 6) is -4.91. The van der Waals surface area contributed by atoms with Gasteiger partial charge in [0, 0.05) is 13.1 Å². The van der Waals surface area contributed by atoms with E-state index >= 15 is 0 Å². The molecule has 7 N–H and O–H groups in total. The minimum absolute atomic E-state index is 0. The molecule has 0 unspecified atom stereocenters. The molecule has 0 heterocycles. The van der Waals surface area contributed by atoms with E-state index in [4.69, 9.17) is 51.8 Å². The molecule has 0 bridgehead atoms. The Bertz CT molecular complexity index is 542. The zero-order valence-corrected chi connectivity index (χ0v) is 19.7. The predicted octanol–water partition coefficient (Wildman–Crippen LogP) is -5.58. The molecule has 0 atom stereocenters. The van der Waals surface area contributed by atoms with Crippen LogP contribution in [0.1, 0.15) is 0 Å². The van der Waals surface area contributed by atoms with Gasteiger partial charge in [0.2, 0.25) is 0 Å². The monoisotopic (exact) mass is 508 g/mol. The molecule has 0 amide bonds. The van der Waals surface area contributed by atoms with Crippen molar-refractivity contribution in [3.63, 3.8) is 0 Å². The molecule has 0 spiro atoms. The van der Waals surface area contributed by atoms with Gasteiger partial charge >= 0.3 is 63.8 Å². The average molecular weight is 508 g/mol. The van der Waals surface area contributed by atoms with Gasteiger partial charge in [0.15, 0.2) is 0 Å². The first-order chi connectivity index (χ1) is 13.6. The second-order valence-corrected chi connectivity index (χ2v) is 5.56. The fourth-order valence-electron chi connectivity index (χ4n) is 1.48. The molecule has 0 radical (unpaired) electrons. The summed E-state index contributed by atoms with van der Waals surface area (Å²) in [6.45, 7) is -0.251. The first kappa shape index (κ1) is 40.0. The first-order valence-corrected chi connectivity index (χ1v) is 8.95. The van der Waals surface area contributed by atoms with E-state index in [1.165, 1.54) is 0 Å². The minimum atomic E-state index is -4.67. The molecule has 0 saturated carbocycles. The third-order valence-electron chi connectivity index (χ3n) is 2.17. The van der Waals surface area contributed by atoms with Crippen molar-refractivity contribution in [2.24, 2.45) is 0 Å². The smallest absolute Gasteiger partial charge is 0.776 e. The van der Waals surface area contributed by atoms with E-state index in [1.807, 2.05) is 6.79 Å². The van der Waals surface area contributed by atoms with Crippen LogP contribution >= 0.6 is 12.3 Å². The molecule has 0 fully saturated rings. The van der Waals surface area contributed by atoms with Crippen molar-refractivity contribution < 1.29 is 101 Å². The molecule has 0 saturated heterocycles. The van der Waals surface area contributed by atoms with Gasteiger partial charge in [0.05, 0.1) is 26.2 Å². The Kier molecular flexibility index (Phi) is 32.1. The maximum atomic E-state index is 10.6. The maximum absolute atomic E-state index is 10.6. The van der Waals surface area contributed by atoms with Gasteiger partial charge in [-0.1, -0.05) is 0 Å². The van der Waals surface area contributed by atoms with Crippen LogP contribution in [0.2, 0.25) is 0 Å². The number of carboxylic acid groups (broad SMARTS) is 4. The van der Waals surface area contributed by atoms with Crippen LogP contribution in [0.4, 0.5) is 0 Å². The summed E-state index contributed by atoms with van der Waals surface area (Å²) in [7, 11) is -4.67.